The first-order valence-electron chi connectivity index (χ1n) is 12.0. The van der Waals surface area contributed by atoms with Crippen molar-refractivity contribution in [1.29, 1.82) is 0 Å². The lowest BCUT2D eigenvalue weighted by Crippen LogP contribution is -2.51. The topological polar surface area (TPSA) is 118 Å². The molecule has 9 heteroatoms. The van der Waals surface area contributed by atoms with E-state index < -0.39 is 12.0 Å². The summed E-state index contributed by atoms with van der Waals surface area (Å²) in [6.45, 7) is 0.991. The van der Waals surface area contributed by atoms with Crippen molar-refractivity contribution in [3.8, 4) is 5.75 Å². The number of hydrogen-bond donors (Lipinski definition) is 2. The van der Waals surface area contributed by atoms with Crippen molar-refractivity contribution >= 4 is 23.4 Å². The lowest BCUT2D eigenvalue weighted by Gasteiger charge is -2.34. The molecule has 36 heavy (non-hydrogen) atoms. The van der Waals surface area contributed by atoms with Gasteiger partial charge in [0.1, 0.15) is 11.5 Å². The predicted molar refractivity (Wildman–Crippen MR) is 132 cm³/mol. The molecule has 1 aliphatic heterocycles. The smallest absolute Gasteiger partial charge is 0.260 e. The maximum absolute atomic E-state index is 13.5. The highest BCUT2D eigenvalue weighted by Gasteiger charge is 2.33. The molecule has 2 heterocycles. The summed E-state index contributed by atoms with van der Waals surface area (Å²) < 4.78 is 11.2. The second-order valence-corrected chi connectivity index (χ2v) is 9.15. The number of amides is 3. The van der Waals surface area contributed by atoms with E-state index >= 15 is 0 Å². The van der Waals surface area contributed by atoms with Gasteiger partial charge in [-0.05, 0) is 54.8 Å². The monoisotopic (exact) mass is 488 g/mol. The quantitative estimate of drug-likeness (QED) is 0.478. The Balaban J connectivity index is 1.32. The molecule has 9 nitrogen and oxygen atoms in total. The normalized spacial score (nSPS) is 16.8. The second kappa shape index (κ2) is 10.2. The zero-order valence-electron chi connectivity index (χ0n) is 19.8. The molecule has 2 aromatic carbocycles. The number of benzene rings is 2. The Bertz CT molecular complexity index is 1240. The Labute approximate surface area is 208 Å². The van der Waals surface area contributed by atoms with E-state index in [1.54, 1.807) is 47.6 Å². The average Bonchev–Trinajstić information content (AvgIpc) is 3.54. The first kappa shape index (κ1) is 23.6. The Morgan fingerprint density at radius 2 is 1.78 bits per heavy atom. The molecule has 1 atom stereocenters. The summed E-state index contributed by atoms with van der Waals surface area (Å²) in [6.07, 6.45) is 2.75. The van der Waals surface area contributed by atoms with Crippen molar-refractivity contribution in [3.63, 3.8) is 0 Å². The number of carbonyl (C=O) groups excluding carboxylic acids is 3. The van der Waals surface area contributed by atoms with Crippen molar-refractivity contribution in [1.82, 2.24) is 10.2 Å². The van der Waals surface area contributed by atoms with Crippen LogP contribution in [0.2, 0.25) is 0 Å². The maximum atomic E-state index is 13.5. The van der Waals surface area contributed by atoms with Crippen LogP contribution in [0.15, 0.2) is 71.3 Å². The van der Waals surface area contributed by atoms with Crippen molar-refractivity contribution in [2.75, 3.05) is 18.0 Å². The predicted octanol–water partition coefficient (Wildman–Crippen LogP) is 2.45. The molecule has 1 saturated carbocycles. The number of anilines is 1. The number of carbonyl (C=O) groups is 3. The Morgan fingerprint density at radius 1 is 1.00 bits per heavy atom. The molecule has 5 rings (SSSR count). The van der Waals surface area contributed by atoms with E-state index in [2.05, 4.69) is 5.32 Å². The lowest BCUT2D eigenvalue weighted by molar-refractivity contribution is -0.125. The van der Waals surface area contributed by atoms with Gasteiger partial charge in [-0.3, -0.25) is 19.3 Å². The molecule has 0 saturated heterocycles. The molecule has 0 spiro atoms. The van der Waals surface area contributed by atoms with Crippen molar-refractivity contribution < 1.29 is 23.5 Å². The van der Waals surface area contributed by atoms with Gasteiger partial charge in [-0.15, -0.1) is 0 Å². The molecule has 3 aromatic rings. The molecule has 2 aliphatic rings. The fraction of sp³-hybridized carbons (Fsp3) is 0.296. The molecule has 1 aromatic heterocycles. The number of para-hydroxylation sites is 2. The molecule has 186 valence electrons. The maximum Gasteiger partial charge on any atom is 0.260 e. The zero-order valence-corrected chi connectivity index (χ0v) is 19.8. The van der Waals surface area contributed by atoms with Crippen molar-refractivity contribution in [2.45, 2.75) is 38.1 Å². The number of nitrogens with one attached hydrogen (secondary N) is 1. The molecule has 0 radical (unpaired) electrons. The minimum absolute atomic E-state index is 0.0462. The summed E-state index contributed by atoms with van der Waals surface area (Å²) in [4.78, 5) is 41.2. The molecule has 3 N–H and O–H groups in total. The Hall–Kier alpha value is -4.11. The van der Waals surface area contributed by atoms with Gasteiger partial charge in [0.2, 0.25) is 5.91 Å². The average molecular weight is 489 g/mol. The number of nitrogens with zero attached hydrogens (tertiary/aromatic N) is 2. The third-order valence-electron chi connectivity index (χ3n) is 6.25. The Kier molecular flexibility index (Phi) is 6.73. The van der Waals surface area contributed by atoms with Crippen LogP contribution in [0.1, 0.15) is 34.5 Å². The number of fused-ring (bicyclic) bond motifs is 1. The second-order valence-electron chi connectivity index (χ2n) is 9.15. The van der Waals surface area contributed by atoms with Crippen LogP contribution in [0, 0.1) is 0 Å². The number of primary amides is 1. The van der Waals surface area contributed by atoms with E-state index in [1.807, 2.05) is 29.2 Å². The standard InChI is InChI=1S/C27H28N4O5/c28-26(33)24-16-31(22-5-1-2-6-23(22)36-24)25(32)17-30(15-21-4-3-13-35-21)14-18-7-9-19(10-8-18)27(34)29-20-11-12-20/h1-10,13,20,24H,11-12,14-17H2,(H2,28,33)(H,29,34). The molecule has 3 amide bonds. The first-order valence-corrected chi connectivity index (χ1v) is 12.0. The fourth-order valence-corrected chi connectivity index (χ4v) is 4.20. The number of furan rings is 1. The minimum Gasteiger partial charge on any atom is -0.477 e. The van der Waals surface area contributed by atoms with Gasteiger partial charge >= 0.3 is 0 Å². The highest BCUT2D eigenvalue weighted by atomic mass is 16.5. The van der Waals surface area contributed by atoms with E-state index in [0.717, 1.165) is 24.2 Å². The van der Waals surface area contributed by atoms with Gasteiger partial charge in [0, 0.05) is 18.2 Å². The van der Waals surface area contributed by atoms with Crippen LogP contribution in [0.25, 0.3) is 0 Å². The lowest BCUT2D eigenvalue weighted by atomic mass is 10.1. The number of rotatable bonds is 9. The van der Waals surface area contributed by atoms with Crippen LogP contribution in [0.4, 0.5) is 5.69 Å². The highest BCUT2D eigenvalue weighted by Crippen LogP contribution is 2.33. The van der Waals surface area contributed by atoms with Crippen LogP contribution in [0.5, 0.6) is 5.75 Å². The number of ether oxygens (including phenoxy) is 1. The summed E-state index contributed by atoms with van der Waals surface area (Å²) >= 11 is 0. The molecule has 0 bridgehead atoms. The third kappa shape index (κ3) is 5.58. The van der Waals surface area contributed by atoms with E-state index in [9.17, 15) is 14.4 Å². The van der Waals surface area contributed by atoms with Crippen LogP contribution >= 0.6 is 0 Å². The molecule has 1 unspecified atom stereocenters. The summed E-state index contributed by atoms with van der Waals surface area (Å²) in [5, 5.41) is 2.99. The van der Waals surface area contributed by atoms with Gasteiger partial charge in [-0.1, -0.05) is 24.3 Å². The van der Waals surface area contributed by atoms with E-state index in [0.29, 0.717) is 36.1 Å². The zero-order chi connectivity index (χ0) is 25.1. The molecular weight excluding hydrogens is 460 g/mol. The molecule has 1 aliphatic carbocycles. The van der Waals surface area contributed by atoms with Crippen LogP contribution in [-0.4, -0.2) is 47.9 Å². The van der Waals surface area contributed by atoms with Crippen molar-refractivity contribution in [3.05, 3.63) is 83.8 Å². The number of nitrogens with two attached hydrogens (primary N) is 1. The van der Waals surface area contributed by atoms with Crippen molar-refractivity contribution in [2.24, 2.45) is 5.73 Å². The summed E-state index contributed by atoms with van der Waals surface area (Å²) in [5.41, 5.74) is 7.66. The van der Waals surface area contributed by atoms with Gasteiger partial charge in [0.05, 0.1) is 31.6 Å². The van der Waals surface area contributed by atoms with Gasteiger partial charge in [-0.25, -0.2) is 0 Å². The van der Waals surface area contributed by atoms with Gasteiger partial charge in [-0.2, -0.15) is 0 Å². The summed E-state index contributed by atoms with van der Waals surface area (Å²) in [5.74, 6) is 0.283. The van der Waals surface area contributed by atoms with E-state index in [-0.39, 0.29) is 24.9 Å². The fourth-order valence-electron chi connectivity index (χ4n) is 4.20. The van der Waals surface area contributed by atoms with Gasteiger partial charge in [0.25, 0.3) is 11.8 Å². The third-order valence-corrected chi connectivity index (χ3v) is 6.25. The van der Waals surface area contributed by atoms with Crippen LogP contribution in [0.3, 0.4) is 0 Å². The van der Waals surface area contributed by atoms with E-state index in [1.165, 1.54) is 0 Å². The van der Waals surface area contributed by atoms with Crippen LogP contribution < -0.4 is 20.7 Å². The largest absolute Gasteiger partial charge is 0.477 e. The van der Waals surface area contributed by atoms with Gasteiger partial charge < -0.3 is 25.1 Å². The van der Waals surface area contributed by atoms with Crippen LogP contribution in [-0.2, 0) is 22.7 Å². The number of hydrogen-bond acceptors (Lipinski definition) is 6. The molecule has 1 fully saturated rings. The summed E-state index contributed by atoms with van der Waals surface area (Å²) in [7, 11) is 0. The SMILES string of the molecule is NC(=O)C1CN(C(=O)CN(Cc2ccc(C(=O)NC3CC3)cc2)Cc2ccco2)c2ccccc2O1. The highest BCUT2D eigenvalue weighted by molar-refractivity contribution is 5.98. The Morgan fingerprint density at radius 3 is 2.47 bits per heavy atom. The van der Waals surface area contributed by atoms with E-state index in [4.69, 9.17) is 14.9 Å². The first-order chi connectivity index (χ1) is 17.5. The summed E-state index contributed by atoms with van der Waals surface area (Å²) in [6, 6.07) is 18.4. The van der Waals surface area contributed by atoms with Gasteiger partial charge in [0.15, 0.2) is 6.10 Å². The minimum atomic E-state index is -0.920. The molecular formula is C27H28N4O5.